The van der Waals surface area contributed by atoms with Gasteiger partial charge in [0.15, 0.2) is 0 Å². The fourth-order valence-corrected chi connectivity index (χ4v) is 0.940. The first kappa shape index (κ1) is 9.26. The topological polar surface area (TPSA) is 52.0 Å². The highest BCUT2D eigenvalue weighted by atomic mass is 16.4. The molecule has 1 aromatic rings. The molecule has 0 aliphatic heterocycles. The van der Waals surface area contributed by atoms with Crippen molar-refractivity contribution in [1.29, 1.82) is 0 Å². The molecule has 68 valence electrons. The van der Waals surface area contributed by atoms with Gasteiger partial charge in [0.2, 0.25) is 5.89 Å². The van der Waals surface area contributed by atoms with Gasteiger partial charge < -0.3 is 10.2 Å². The van der Waals surface area contributed by atoms with Crippen LogP contribution in [0.5, 0.6) is 0 Å². The van der Waals surface area contributed by atoms with Crippen molar-refractivity contribution in [3.05, 3.63) is 17.8 Å². The van der Waals surface area contributed by atoms with Crippen molar-refractivity contribution < 1.29 is 4.42 Å². The molecule has 1 heterocycles. The molecule has 0 aliphatic carbocycles. The summed E-state index contributed by atoms with van der Waals surface area (Å²) in [7, 11) is 0. The van der Waals surface area contributed by atoms with E-state index in [1.54, 1.807) is 6.20 Å². The highest BCUT2D eigenvalue weighted by Gasteiger charge is 2.11. The van der Waals surface area contributed by atoms with Crippen LogP contribution < -0.4 is 5.73 Å². The fourth-order valence-electron chi connectivity index (χ4n) is 0.940. The molecule has 2 atom stereocenters. The van der Waals surface area contributed by atoms with Gasteiger partial charge in [-0.15, -0.1) is 0 Å². The molecule has 0 saturated carbocycles. The Bertz CT molecular complexity index is 242. The quantitative estimate of drug-likeness (QED) is 0.752. The minimum atomic E-state index is -0.109. The highest BCUT2D eigenvalue weighted by molar-refractivity contribution is 5.01. The van der Waals surface area contributed by atoms with Crippen LogP contribution in [0.25, 0.3) is 0 Å². The van der Waals surface area contributed by atoms with Crippen molar-refractivity contribution in [2.45, 2.75) is 39.2 Å². The Hall–Kier alpha value is -0.830. The van der Waals surface area contributed by atoms with E-state index in [2.05, 4.69) is 18.8 Å². The van der Waals surface area contributed by atoms with Gasteiger partial charge in [-0.05, 0) is 13.3 Å². The lowest BCUT2D eigenvalue weighted by Gasteiger charge is -2.02. The van der Waals surface area contributed by atoms with Crippen molar-refractivity contribution in [2.24, 2.45) is 5.73 Å². The maximum absolute atomic E-state index is 5.61. The second kappa shape index (κ2) is 3.72. The van der Waals surface area contributed by atoms with Crippen LogP contribution in [0.2, 0.25) is 0 Å². The largest absolute Gasteiger partial charge is 0.444 e. The van der Waals surface area contributed by atoms with E-state index in [9.17, 15) is 0 Å². The van der Waals surface area contributed by atoms with Crippen molar-refractivity contribution >= 4 is 0 Å². The van der Waals surface area contributed by atoms with Gasteiger partial charge in [-0.1, -0.05) is 13.8 Å². The summed E-state index contributed by atoms with van der Waals surface area (Å²) in [4.78, 5) is 4.09. The minimum Gasteiger partial charge on any atom is -0.444 e. The standard InChI is InChI=1S/C9H16N2O/c1-4-6(2)8-5-11-9(12-8)7(3)10/h5-7H,4,10H2,1-3H3. The molecule has 0 aromatic carbocycles. The number of hydrogen-bond acceptors (Lipinski definition) is 3. The number of aromatic nitrogens is 1. The third-order valence-electron chi connectivity index (χ3n) is 2.03. The van der Waals surface area contributed by atoms with Gasteiger partial charge in [0.05, 0.1) is 12.2 Å². The molecule has 0 radical (unpaired) electrons. The number of nitrogens with zero attached hydrogens (tertiary/aromatic N) is 1. The van der Waals surface area contributed by atoms with Crippen molar-refractivity contribution in [2.75, 3.05) is 0 Å². The van der Waals surface area contributed by atoms with E-state index in [1.165, 1.54) is 0 Å². The smallest absolute Gasteiger partial charge is 0.211 e. The average molecular weight is 168 g/mol. The van der Waals surface area contributed by atoms with Gasteiger partial charge in [0.1, 0.15) is 5.76 Å². The van der Waals surface area contributed by atoms with E-state index in [4.69, 9.17) is 10.2 Å². The Morgan fingerprint density at radius 2 is 2.25 bits per heavy atom. The number of nitrogens with two attached hydrogens (primary N) is 1. The minimum absolute atomic E-state index is 0.109. The van der Waals surface area contributed by atoms with Crippen LogP contribution in [0.15, 0.2) is 10.6 Å². The van der Waals surface area contributed by atoms with Gasteiger partial charge in [0, 0.05) is 5.92 Å². The molecule has 12 heavy (non-hydrogen) atoms. The lowest BCUT2D eigenvalue weighted by Crippen LogP contribution is -2.04. The van der Waals surface area contributed by atoms with Gasteiger partial charge in [-0.2, -0.15) is 0 Å². The molecule has 1 rings (SSSR count). The molecule has 1 aromatic heterocycles. The van der Waals surface area contributed by atoms with Crippen molar-refractivity contribution in [3.8, 4) is 0 Å². The third-order valence-corrected chi connectivity index (χ3v) is 2.03. The SMILES string of the molecule is CCC(C)c1cnc(C(C)N)o1. The molecule has 0 saturated heterocycles. The zero-order chi connectivity index (χ0) is 9.14. The lowest BCUT2D eigenvalue weighted by molar-refractivity contribution is 0.408. The molecule has 2 N–H and O–H groups in total. The lowest BCUT2D eigenvalue weighted by atomic mass is 10.1. The molecule has 0 fully saturated rings. The Labute approximate surface area is 73.0 Å². The van der Waals surface area contributed by atoms with Crippen LogP contribution in [-0.2, 0) is 0 Å². The molecule has 2 unspecified atom stereocenters. The normalized spacial score (nSPS) is 16.0. The van der Waals surface area contributed by atoms with E-state index < -0.39 is 0 Å². The second-order valence-corrected chi connectivity index (χ2v) is 3.20. The molecule has 0 aliphatic rings. The molecule has 0 spiro atoms. The van der Waals surface area contributed by atoms with E-state index in [0.29, 0.717) is 11.8 Å². The van der Waals surface area contributed by atoms with Crippen LogP contribution >= 0.6 is 0 Å². The Balaban J connectivity index is 2.77. The van der Waals surface area contributed by atoms with E-state index in [-0.39, 0.29) is 6.04 Å². The molecule has 3 nitrogen and oxygen atoms in total. The molecular formula is C9H16N2O. The summed E-state index contributed by atoms with van der Waals surface area (Å²) in [6.45, 7) is 6.11. The molecule has 0 amide bonds. The van der Waals surface area contributed by atoms with Gasteiger partial charge >= 0.3 is 0 Å². The zero-order valence-corrected chi connectivity index (χ0v) is 7.87. The van der Waals surface area contributed by atoms with Gasteiger partial charge in [-0.3, -0.25) is 0 Å². The summed E-state index contributed by atoms with van der Waals surface area (Å²) in [5, 5.41) is 0. The monoisotopic (exact) mass is 168 g/mol. The zero-order valence-electron chi connectivity index (χ0n) is 7.87. The van der Waals surface area contributed by atoms with E-state index in [1.807, 2.05) is 6.92 Å². The first-order valence-corrected chi connectivity index (χ1v) is 4.36. The Morgan fingerprint density at radius 1 is 1.58 bits per heavy atom. The Morgan fingerprint density at radius 3 is 2.67 bits per heavy atom. The van der Waals surface area contributed by atoms with E-state index >= 15 is 0 Å². The summed E-state index contributed by atoms with van der Waals surface area (Å²) in [6, 6.07) is -0.109. The summed E-state index contributed by atoms with van der Waals surface area (Å²) in [6.07, 6.45) is 2.83. The predicted octanol–water partition coefficient (Wildman–Crippen LogP) is 2.21. The highest BCUT2D eigenvalue weighted by Crippen LogP contribution is 2.20. The van der Waals surface area contributed by atoms with Crippen LogP contribution in [0.3, 0.4) is 0 Å². The fraction of sp³-hybridized carbons (Fsp3) is 0.667. The van der Waals surface area contributed by atoms with Crippen molar-refractivity contribution in [1.82, 2.24) is 4.98 Å². The second-order valence-electron chi connectivity index (χ2n) is 3.20. The number of oxazole rings is 1. The summed E-state index contributed by atoms with van der Waals surface area (Å²) >= 11 is 0. The predicted molar refractivity (Wildman–Crippen MR) is 47.8 cm³/mol. The molecule has 3 heteroatoms. The first-order chi connectivity index (χ1) is 5.65. The summed E-state index contributed by atoms with van der Waals surface area (Å²) in [5.41, 5.74) is 5.61. The van der Waals surface area contributed by atoms with E-state index in [0.717, 1.165) is 12.2 Å². The van der Waals surface area contributed by atoms with Crippen molar-refractivity contribution in [3.63, 3.8) is 0 Å². The summed E-state index contributed by atoms with van der Waals surface area (Å²) in [5.74, 6) is 2.00. The van der Waals surface area contributed by atoms with Gasteiger partial charge in [0.25, 0.3) is 0 Å². The maximum atomic E-state index is 5.61. The molecular weight excluding hydrogens is 152 g/mol. The number of rotatable bonds is 3. The maximum Gasteiger partial charge on any atom is 0.211 e. The van der Waals surface area contributed by atoms with Crippen LogP contribution in [0.4, 0.5) is 0 Å². The third kappa shape index (κ3) is 1.85. The molecule has 0 bridgehead atoms. The van der Waals surface area contributed by atoms with Gasteiger partial charge in [-0.25, -0.2) is 4.98 Å². The van der Waals surface area contributed by atoms with Crippen LogP contribution in [-0.4, -0.2) is 4.98 Å². The Kier molecular flexibility index (Phi) is 2.87. The van der Waals surface area contributed by atoms with Crippen LogP contribution in [0.1, 0.15) is 50.8 Å². The number of hydrogen-bond donors (Lipinski definition) is 1. The van der Waals surface area contributed by atoms with Crippen LogP contribution in [0, 0.1) is 0 Å². The first-order valence-electron chi connectivity index (χ1n) is 4.36. The summed E-state index contributed by atoms with van der Waals surface area (Å²) < 4.78 is 5.46. The average Bonchev–Trinajstić information content (AvgIpc) is 2.51.